The number of carboxylic acid groups (broad SMARTS) is 1. The van der Waals surface area contributed by atoms with E-state index in [1.807, 2.05) is 18.0 Å². The van der Waals surface area contributed by atoms with E-state index in [1.165, 1.54) is 22.3 Å². The maximum Gasteiger partial charge on any atom is 1.00 e. The fourth-order valence-corrected chi connectivity index (χ4v) is 4.01. The Kier molecular flexibility index (Phi) is 7.26. The van der Waals surface area contributed by atoms with Crippen molar-refractivity contribution in [1.29, 1.82) is 0 Å². The van der Waals surface area contributed by atoms with Crippen molar-refractivity contribution < 1.29 is 39.5 Å². The summed E-state index contributed by atoms with van der Waals surface area (Å²) in [5.74, 6) is -0.285. The Morgan fingerprint density at radius 2 is 1.92 bits per heavy atom. The zero-order valence-corrected chi connectivity index (χ0v) is 17.4. The number of benzene rings is 2. The van der Waals surface area contributed by atoms with Crippen LogP contribution in [0.4, 0.5) is 0 Å². The average Bonchev–Trinajstić information content (AvgIpc) is 2.54. The van der Waals surface area contributed by atoms with Crippen LogP contribution >= 0.6 is 0 Å². The topological polar surface area (TPSA) is 43.4 Å². The predicted molar refractivity (Wildman–Crippen MR) is 93.8 cm³/mol. The summed E-state index contributed by atoms with van der Waals surface area (Å²) in [7, 11) is 1.86. The summed E-state index contributed by atoms with van der Waals surface area (Å²) in [5.41, 5.74) is 5.44. The molecule has 0 radical (unpaired) electrons. The van der Waals surface area contributed by atoms with Gasteiger partial charge in [0.1, 0.15) is 0 Å². The average molecular weight is 345 g/mol. The standard InChI is InChI=1S/C21H25NO2.Na/c1-15-8-11-19-17(12-15)9-10-18(13-22(2)14-20(23)24)21(19)16-6-4-3-5-7-16;/h3-8,11-12,18,21H,9-10,13-14H2,1-2H3,(H,23,24);/q;+1/p-1. The van der Waals surface area contributed by atoms with Gasteiger partial charge in [0.15, 0.2) is 0 Å². The van der Waals surface area contributed by atoms with Crippen LogP contribution in [0.1, 0.15) is 34.6 Å². The number of hydrogen-bond donors (Lipinski definition) is 0. The Bertz CT molecular complexity index is 717. The van der Waals surface area contributed by atoms with Crippen LogP contribution in [0.25, 0.3) is 0 Å². The molecular formula is C21H24NNaO2. The van der Waals surface area contributed by atoms with Crippen LogP contribution in [0.3, 0.4) is 0 Å². The molecule has 3 rings (SSSR count). The Balaban J connectivity index is 0.00000225. The van der Waals surface area contributed by atoms with Crippen molar-refractivity contribution in [2.45, 2.75) is 25.7 Å². The summed E-state index contributed by atoms with van der Waals surface area (Å²) in [5, 5.41) is 10.9. The predicted octanol–water partition coefficient (Wildman–Crippen LogP) is -0.625. The van der Waals surface area contributed by atoms with Gasteiger partial charge in [-0.3, -0.25) is 0 Å². The molecular weight excluding hydrogens is 321 g/mol. The van der Waals surface area contributed by atoms with Crippen molar-refractivity contribution in [2.75, 3.05) is 20.1 Å². The van der Waals surface area contributed by atoms with E-state index in [0.29, 0.717) is 11.8 Å². The molecule has 2 unspecified atom stereocenters. The summed E-state index contributed by atoms with van der Waals surface area (Å²) in [6, 6.07) is 17.3. The number of aryl methyl sites for hydroxylation is 2. The maximum atomic E-state index is 10.9. The first-order valence-electron chi connectivity index (χ1n) is 8.57. The third-order valence-electron chi connectivity index (χ3n) is 4.99. The molecule has 4 heteroatoms. The van der Waals surface area contributed by atoms with Crippen molar-refractivity contribution in [3.05, 3.63) is 70.8 Å². The Morgan fingerprint density at radius 3 is 2.60 bits per heavy atom. The first-order valence-corrected chi connectivity index (χ1v) is 8.57. The molecule has 1 aliphatic carbocycles. The van der Waals surface area contributed by atoms with Crippen LogP contribution in [0.2, 0.25) is 0 Å². The second-order valence-corrected chi connectivity index (χ2v) is 6.96. The monoisotopic (exact) mass is 345 g/mol. The van der Waals surface area contributed by atoms with Gasteiger partial charge in [-0.25, -0.2) is 0 Å². The molecule has 3 nitrogen and oxygen atoms in total. The maximum absolute atomic E-state index is 10.9. The first kappa shape index (κ1) is 20.2. The minimum Gasteiger partial charge on any atom is -0.549 e. The van der Waals surface area contributed by atoms with Crippen LogP contribution in [0.5, 0.6) is 0 Å². The van der Waals surface area contributed by atoms with Gasteiger partial charge in [-0.2, -0.15) is 0 Å². The number of hydrogen-bond acceptors (Lipinski definition) is 3. The molecule has 0 amide bonds. The van der Waals surface area contributed by atoms with Gasteiger partial charge in [-0.15, -0.1) is 0 Å². The van der Waals surface area contributed by atoms with Gasteiger partial charge in [0.05, 0.1) is 5.97 Å². The smallest absolute Gasteiger partial charge is 0.549 e. The molecule has 0 heterocycles. The van der Waals surface area contributed by atoms with E-state index in [2.05, 4.69) is 49.4 Å². The number of carboxylic acids is 1. The van der Waals surface area contributed by atoms with Crippen LogP contribution in [0.15, 0.2) is 48.5 Å². The summed E-state index contributed by atoms with van der Waals surface area (Å²) in [6.45, 7) is 2.89. The molecule has 25 heavy (non-hydrogen) atoms. The van der Waals surface area contributed by atoms with E-state index in [-0.39, 0.29) is 36.1 Å². The molecule has 2 aromatic carbocycles. The Morgan fingerprint density at radius 1 is 1.20 bits per heavy atom. The molecule has 0 bridgehead atoms. The molecule has 0 aromatic heterocycles. The molecule has 0 N–H and O–H groups in total. The summed E-state index contributed by atoms with van der Waals surface area (Å²) >= 11 is 0. The number of fused-ring (bicyclic) bond motifs is 1. The van der Waals surface area contributed by atoms with Crippen LogP contribution in [-0.4, -0.2) is 31.0 Å². The quantitative estimate of drug-likeness (QED) is 0.678. The molecule has 2 atom stereocenters. The van der Waals surface area contributed by atoms with Crippen molar-refractivity contribution in [3.8, 4) is 0 Å². The third kappa shape index (κ3) is 4.95. The normalized spacial score (nSPS) is 19.2. The fourth-order valence-electron chi connectivity index (χ4n) is 4.01. The molecule has 0 spiro atoms. The number of aliphatic carboxylic acids is 1. The number of rotatable bonds is 5. The van der Waals surface area contributed by atoms with E-state index >= 15 is 0 Å². The number of likely N-dealkylation sites (N-methyl/N-ethyl adjacent to an activating group) is 1. The van der Waals surface area contributed by atoms with E-state index in [4.69, 9.17) is 0 Å². The summed E-state index contributed by atoms with van der Waals surface area (Å²) in [4.78, 5) is 12.8. The van der Waals surface area contributed by atoms with Gasteiger partial charge in [0, 0.05) is 19.0 Å². The second-order valence-electron chi connectivity index (χ2n) is 6.96. The third-order valence-corrected chi connectivity index (χ3v) is 4.99. The van der Waals surface area contributed by atoms with Crippen LogP contribution in [-0.2, 0) is 11.2 Å². The van der Waals surface area contributed by atoms with Crippen molar-refractivity contribution in [1.82, 2.24) is 4.90 Å². The molecule has 0 fully saturated rings. The van der Waals surface area contributed by atoms with Gasteiger partial charge in [0.2, 0.25) is 0 Å². The minimum atomic E-state index is -1.01. The Labute approximate surface area is 172 Å². The van der Waals surface area contributed by atoms with E-state index in [9.17, 15) is 9.90 Å². The van der Waals surface area contributed by atoms with Gasteiger partial charge < -0.3 is 14.8 Å². The van der Waals surface area contributed by atoms with Gasteiger partial charge in [-0.05, 0) is 49.4 Å². The number of carbonyl (C=O) groups is 1. The molecule has 2 aromatic rings. The van der Waals surface area contributed by atoms with Crippen molar-refractivity contribution in [3.63, 3.8) is 0 Å². The van der Waals surface area contributed by atoms with E-state index in [1.54, 1.807) is 0 Å². The van der Waals surface area contributed by atoms with Gasteiger partial charge in [0.25, 0.3) is 0 Å². The number of nitrogens with zero attached hydrogens (tertiary/aromatic N) is 1. The zero-order chi connectivity index (χ0) is 17.1. The van der Waals surface area contributed by atoms with Crippen molar-refractivity contribution in [2.24, 2.45) is 5.92 Å². The minimum absolute atomic E-state index is 0. The largest absolute Gasteiger partial charge is 1.00 e. The Hall–Kier alpha value is -1.13. The summed E-state index contributed by atoms with van der Waals surface area (Å²) in [6.07, 6.45) is 2.14. The van der Waals surface area contributed by atoms with E-state index in [0.717, 1.165) is 19.4 Å². The SMILES string of the molecule is Cc1ccc2c(c1)CCC(CN(C)CC(=O)[O-])C2c1ccccc1.[Na+]. The van der Waals surface area contributed by atoms with Crippen LogP contribution < -0.4 is 34.7 Å². The van der Waals surface area contributed by atoms with Crippen molar-refractivity contribution >= 4 is 5.97 Å². The zero-order valence-electron chi connectivity index (χ0n) is 15.4. The molecule has 0 aliphatic heterocycles. The van der Waals surface area contributed by atoms with Crippen LogP contribution in [0, 0.1) is 12.8 Å². The summed E-state index contributed by atoms with van der Waals surface area (Å²) < 4.78 is 0. The first-order chi connectivity index (χ1) is 11.5. The number of carbonyl (C=O) groups excluding carboxylic acids is 1. The van der Waals surface area contributed by atoms with Gasteiger partial charge in [-0.1, -0.05) is 54.1 Å². The fraction of sp³-hybridized carbons (Fsp3) is 0.381. The molecule has 0 saturated carbocycles. The molecule has 126 valence electrons. The second kappa shape index (κ2) is 9.00. The molecule has 0 saturated heterocycles. The molecule has 1 aliphatic rings. The van der Waals surface area contributed by atoms with Gasteiger partial charge >= 0.3 is 29.6 Å². The van der Waals surface area contributed by atoms with E-state index < -0.39 is 5.97 Å².